The van der Waals surface area contributed by atoms with Gasteiger partial charge in [-0.15, -0.1) is 0 Å². The number of hydrogen-bond acceptors (Lipinski definition) is 2. The Morgan fingerprint density at radius 3 is 2.46 bits per heavy atom. The smallest absolute Gasteiger partial charge is 0.253 e. The number of β-amino-alcohol motifs (C(OH)–C–C–N with tert-alkyl or cyclic N) is 1. The Bertz CT molecular complexity index is 1030. The zero-order valence-electron chi connectivity index (χ0n) is 15.7. The van der Waals surface area contributed by atoms with E-state index < -0.39 is 5.60 Å². The van der Waals surface area contributed by atoms with Crippen molar-refractivity contribution in [3.63, 3.8) is 0 Å². The number of aryl methyl sites for hydroxylation is 1. The highest BCUT2D eigenvalue weighted by molar-refractivity contribution is 5.95. The number of hydrogen-bond donors (Lipinski definition) is 1. The van der Waals surface area contributed by atoms with E-state index in [2.05, 4.69) is 0 Å². The maximum atomic E-state index is 13.5. The minimum Gasteiger partial charge on any atom is -0.383 e. The molecule has 142 valence electrons. The molecule has 1 fully saturated rings. The molecule has 1 aliphatic heterocycles. The van der Waals surface area contributed by atoms with Gasteiger partial charge in [0.05, 0.1) is 6.54 Å². The van der Waals surface area contributed by atoms with Gasteiger partial charge < -0.3 is 10.0 Å². The highest BCUT2D eigenvalue weighted by Gasteiger charge is 2.40. The number of halogens is 1. The molecule has 0 aromatic heterocycles. The summed E-state index contributed by atoms with van der Waals surface area (Å²) in [5.41, 5.74) is 2.93. The van der Waals surface area contributed by atoms with Crippen LogP contribution in [0.4, 0.5) is 4.39 Å². The fourth-order valence-corrected chi connectivity index (χ4v) is 3.96. The molecule has 0 radical (unpaired) electrons. The number of amides is 1. The van der Waals surface area contributed by atoms with E-state index in [9.17, 15) is 14.3 Å². The zero-order valence-corrected chi connectivity index (χ0v) is 15.7. The van der Waals surface area contributed by atoms with Gasteiger partial charge in [0.1, 0.15) is 11.4 Å². The fourth-order valence-electron chi connectivity index (χ4n) is 3.96. The molecule has 0 aliphatic carbocycles. The summed E-state index contributed by atoms with van der Waals surface area (Å²) in [5.74, 6) is -0.431. The molecule has 28 heavy (non-hydrogen) atoms. The first-order valence-corrected chi connectivity index (χ1v) is 9.40. The van der Waals surface area contributed by atoms with Crippen molar-refractivity contribution in [3.05, 3.63) is 95.3 Å². The van der Waals surface area contributed by atoms with E-state index in [-0.39, 0.29) is 18.3 Å². The number of carbonyl (C=O) groups is 1. The minimum atomic E-state index is -1.03. The first-order valence-electron chi connectivity index (χ1n) is 9.40. The van der Waals surface area contributed by atoms with Crippen molar-refractivity contribution in [2.45, 2.75) is 18.9 Å². The van der Waals surface area contributed by atoms with Crippen LogP contribution in [0.3, 0.4) is 0 Å². The molecule has 1 aliphatic rings. The largest absolute Gasteiger partial charge is 0.383 e. The molecule has 1 N–H and O–H groups in total. The molecule has 1 atom stereocenters. The summed E-state index contributed by atoms with van der Waals surface area (Å²) in [4.78, 5) is 14.7. The molecule has 1 amide bonds. The van der Waals surface area contributed by atoms with Crippen LogP contribution in [0.1, 0.15) is 27.9 Å². The minimum absolute atomic E-state index is 0.122. The molecule has 0 unspecified atom stereocenters. The first kappa shape index (κ1) is 18.4. The summed E-state index contributed by atoms with van der Waals surface area (Å²) < 4.78 is 13.5. The number of carbonyl (C=O) groups excluding carboxylic acids is 1. The standard InChI is InChI=1S/C24H22FNO2/c1-17-6-2-3-11-22(17)24(28)12-13-26(16-24)23(27)20-9-4-7-18(14-20)19-8-5-10-21(25)15-19/h2-11,14-15,28H,12-13,16H2,1H3/t24-/m1/s1. The topological polar surface area (TPSA) is 40.5 Å². The van der Waals surface area contributed by atoms with Crippen molar-refractivity contribution in [2.24, 2.45) is 0 Å². The van der Waals surface area contributed by atoms with E-state index in [0.29, 0.717) is 18.5 Å². The molecule has 4 rings (SSSR count). The van der Waals surface area contributed by atoms with E-state index in [1.165, 1.54) is 12.1 Å². The highest BCUT2D eigenvalue weighted by atomic mass is 19.1. The Labute approximate surface area is 164 Å². The molecule has 4 heteroatoms. The van der Waals surface area contributed by atoms with Crippen LogP contribution < -0.4 is 0 Å². The van der Waals surface area contributed by atoms with Crippen molar-refractivity contribution in [2.75, 3.05) is 13.1 Å². The SMILES string of the molecule is Cc1ccccc1[C@@]1(O)CCN(C(=O)c2cccc(-c3cccc(F)c3)c2)C1. The Hall–Kier alpha value is -2.98. The molecule has 3 aromatic rings. The van der Waals surface area contributed by atoms with Gasteiger partial charge in [-0.1, -0.05) is 48.5 Å². The van der Waals surface area contributed by atoms with Gasteiger partial charge in [0, 0.05) is 12.1 Å². The number of rotatable bonds is 3. The van der Waals surface area contributed by atoms with Crippen molar-refractivity contribution in [3.8, 4) is 11.1 Å². The fraction of sp³-hybridized carbons (Fsp3) is 0.208. The normalized spacial score (nSPS) is 19.0. The van der Waals surface area contributed by atoms with E-state index >= 15 is 0 Å². The highest BCUT2D eigenvalue weighted by Crippen LogP contribution is 2.34. The van der Waals surface area contributed by atoms with Gasteiger partial charge in [-0.25, -0.2) is 4.39 Å². The van der Waals surface area contributed by atoms with Gasteiger partial charge in [-0.05, 0) is 59.9 Å². The average Bonchev–Trinajstić information content (AvgIpc) is 3.11. The van der Waals surface area contributed by atoms with Gasteiger partial charge in [0.2, 0.25) is 0 Å². The molecule has 1 heterocycles. The van der Waals surface area contributed by atoms with Crippen molar-refractivity contribution in [1.82, 2.24) is 4.90 Å². The Morgan fingerprint density at radius 1 is 1.00 bits per heavy atom. The van der Waals surface area contributed by atoms with Crippen LogP contribution in [0, 0.1) is 12.7 Å². The van der Waals surface area contributed by atoms with Crippen molar-refractivity contribution < 1.29 is 14.3 Å². The first-order chi connectivity index (χ1) is 13.5. The van der Waals surface area contributed by atoms with E-state index in [1.807, 2.05) is 43.3 Å². The number of nitrogens with zero attached hydrogens (tertiary/aromatic N) is 1. The van der Waals surface area contributed by atoms with Crippen LogP contribution in [0.2, 0.25) is 0 Å². The Morgan fingerprint density at radius 2 is 1.71 bits per heavy atom. The van der Waals surface area contributed by atoms with E-state index in [1.54, 1.807) is 29.2 Å². The number of benzene rings is 3. The third-order valence-electron chi connectivity index (χ3n) is 5.45. The third-order valence-corrected chi connectivity index (χ3v) is 5.45. The average molecular weight is 375 g/mol. The molecule has 0 spiro atoms. The molecule has 3 nitrogen and oxygen atoms in total. The van der Waals surface area contributed by atoms with Gasteiger partial charge in [-0.3, -0.25) is 4.79 Å². The van der Waals surface area contributed by atoms with E-state index in [0.717, 1.165) is 22.3 Å². The zero-order chi connectivity index (χ0) is 19.7. The molecular weight excluding hydrogens is 353 g/mol. The Balaban J connectivity index is 1.58. The molecule has 1 saturated heterocycles. The van der Waals surface area contributed by atoms with Gasteiger partial charge in [-0.2, -0.15) is 0 Å². The van der Waals surface area contributed by atoms with Crippen LogP contribution >= 0.6 is 0 Å². The van der Waals surface area contributed by atoms with Crippen LogP contribution in [-0.4, -0.2) is 29.0 Å². The lowest BCUT2D eigenvalue weighted by Gasteiger charge is -2.25. The quantitative estimate of drug-likeness (QED) is 0.730. The lowest BCUT2D eigenvalue weighted by Crippen LogP contribution is -2.34. The summed E-state index contributed by atoms with van der Waals surface area (Å²) in [7, 11) is 0. The molecular formula is C24H22FNO2. The number of aliphatic hydroxyl groups is 1. The van der Waals surface area contributed by atoms with Crippen LogP contribution in [0.15, 0.2) is 72.8 Å². The van der Waals surface area contributed by atoms with E-state index in [4.69, 9.17) is 0 Å². The second kappa shape index (κ2) is 7.21. The van der Waals surface area contributed by atoms with Crippen LogP contribution in [0.25, 0.3) is 11.1 Å². The Kier molecular flexibility index (Phi) is 4.73. The second-order valence-electron chi connectivity index (χ2n) is 7.41. The monoisotopic (exact) mass is 375 g/mol. The predicted octanol–water partition coefficient (Wildman–Crippen LogP) is 4.53. The summed E-state index contributed by atoms with van der Waals surface area (Å²) in [5, 5.41) is 11.1. The van der Waals surface area contributed by atoms with Crippen LogP contribution in [-0.2, 0) is 5.60 Å². The summed E-state index contributed by atoms with van der Waals surface area (Å²) in [6.45, 7) is 2.73. The second-order valence-corrected chi connectivity index (χ2v) is 7.41. The molecule has 3 aromatic carbocycles. The van der Waals surface area contributed by atoms with Crippen LogP contribution in [0.5, 0.6) is 0 Å². The van der Waals surface area contributed by atoms with Crippen molar-refractivity contribution >= 4 is 5.91 Å². The van der Waals surface area contributed by atoms with Gasteiger partial charge >= 0.3 is 0 Å². The molecule has 0 saturated carbocycles. The third kappa shape index (κ3) is 3.43. The summed E-state index contributed by atoms with van der Waals surface area (Å²) >= 11 is 0. The van der Waals surface area contributed by atoms with Crippen molar-refractivity contribution in [1.29, 1.82) is 0 Å². The summed E-state index contributed by atoms with van der Waals surface area (Å²) in [6, 6.07) is 21.3. The molecule has 0 bridgehead atoms. The predicted molar refractivity (Wildman–Crippen MR) is 107 cm³/mol. The summed E-state index contributed by atoms with van der Waals surface area (Å²) in [6.07, 6.45) is 0.507. The maximum absolute atomic E-state index is 13.5. The lowest BCUT2D eigenvalue weighted by molar-refractivity contribution is 0.0412. The lowest BCUT2D eigenvalue weighted by atomic mass is 9.89. The number of likely N-dealkylation sites (tertiary alicyclic amines) is 1. The van der Waals surface area contributed by atoms with Gasteiger partial charge in [0.15, 0.2) is 0 Å². The van der Waals surface area contributed by atoms with Gasteiger partial charge in [0.25, 0.3) is 5.91 Å². The maximum Gasteiger partial charge on any atom is 0.253 e.